The highest BCUT2D eigenvalue weighted by atomic mass is 16.3. The standard InChI is InChI=1S/C15H16N4O/c1-10-11(7-8-20-10)9-19(2)15-14(16)17-12-5-3-4-6-13(12)18-15/h3-8H,9H2,1-2H3,(H2,16,17). The zero-order chi connectivity index (χ0) is 14.1. The van der Waals surface area contributed by atoms with Gasteiger partial charge in [0.1, 0.15) is 5.76 Å². The van der Waals surface area contributed by atoms with E-state index in [-0.39, 0.29) is 0 Å². The zero-order valence-corrected chi connectivity index (χ0v) is 11.5. The molecule has 0 amide bonds. The number of rotatable bonds is 3. The van der Waals surface area contributed by atoms with Gasteiger partial charge in [-0.3, -0.25) is 0 Å². The number of furan rings is 1. The van der Waals surface area contributed by atoms with Gasteiger partial charge in [-0.2, -0.15) is 0 Å². The molecule has 0 radical (unpaired) electrons. The van der Waals surface area contributed by atoms with Gasteiger partial charge in [0, 0.05) is 19.2 Å². The van der Waals surface area contributed by atoms with Gasteiger partial charge in [-0.15, -0.1) is 0 Å². The quantitative estimate of drug-likeness (QED) is 0.791. The SMILES string of the molecule is Cc1occc1CN(C)c1nc2ccccc2nc1N. The first-order valence-corrected chi connectivity index (χ1v) is 6.41. The van der Waals surface area contributed by atoms with Gasteiger partial charge in [0.05, 0.1) is 17.3 Å². The second-order valence-corrected chi connectivity index (χ2v) is 4.78. The lowest BCUT2D eigenvalue weighted by atomic mass is 10.2. The maximum Gasteiger partial charge on any atom is 0.172 e. The van der Waals surface area contributed by atoms with Crippen molar-refractivity contribution in [3.8, 4) is 0 Å². The molecule has 102 valence electrons. The summed E-state index contributed by atoms with van der Waals surface area (Å²) in [6.45, 7) is 2.62. The number of nitrogens with zero attached hydrogens (tertiary/aromatic N) is 3. The number of benzene rings is 1. The predicted molar refractivity (Wildman–Crippen MR) is 79.5 cm³/mol. The van der Waals surface area contributed by atoms with Crippen LogP contribution in [0.4, 0.5) is 11.6 Å². The lowest BCUT2D eigenvalue weighted by Gasteiger charge is -2.19. The summed E-state index contributed by atoms with van der Waals surface area (Å²) in [6, 6.07) is 9.66. The molecule has 3 rings (SSSR count). The Bertz CT molecular complexity index is 750. The molecular formula is C15H16N4O. The van der Waals surface area contributed by atoms with Crippen LogP contribution in [0.3, 0.4) is 0 Å². The van der Waals surface area contributed by atoms with Crippen molar-refractivity contribution in [2.45, 2.75) is 13.5 Å². The number of aromatic nitrogens is 2. The van der Waals surface area contributed by atoms with Crippen molar-refractivity contribution in [3.63, 3.8) is 0 Å². The molecule has 0 fully saturated rings. The van der Waals surface area contributed by atoms with Crippen LogP contribution in [0.5, 0.6) is 0 Å². The Morgan fingerprint density at radius 1 is 1.15 bits per heavy atom. The Balaban J connectivity index is 1.96. The Hall–Kier alpha value is -2.56. The molecule has 0 unspecified atom stereocenters. The highest BCUT2D eigenvalue weighted by molar-refractivity contribution is 5.79. The molecule has 2 N–H and O–H groups in total. The van der Waals surface area contributed by atoms with Crippen molar-refractivity contribution in [3.05, 3.63) is 47.9 Å². The number of hydrogen-bond donors (Lipinski definition) is 1. The number of nitrogens with two attached hydrogens (primary N) is 1. The smallest absolute Gasteiger partial charge is 0.172 e. The normalized spacial score (nSPS) is 10.9. The lowest BCUT2D eigenvalue weighted by Crippen LogP contribution is -2.20. The first-order chi connectivity index (χ1) is 9.65. The third kappa shape index (κ3) is 2.18. The summed E-state index contributed by atoms with van der Waals surface area (Å²) in [6.07, 6.45) is 1.69. The van der Waals surface area contributed by atoms with Crippen LogP contribution in [-0.2, 0) is 6.54 Å². The van der Waals surface area contributed by atoms with Crippen LogP contribution in [-0.4, -0.2) is 17.0 Å². The maximum atomic E-state index is 6.02. The topological polar surface area (TPSA) is 68.2 Å². The van der Waals surface area contributed by atoms with Gasteiger partial charge < -0.3 is 15.1 Å². The third-order valence-corrected chi connectivity index (χ3v) is 3.31. The molecule has 0 spiro atoms. The summed E-state index contributed by atoms with van der Waals surface area (Å²) in [5.74, 6) is 2.03. The molecule has 0 bridgehead atoms. The first kappa shape index (κ1) is 12.5. The molecule has 3 aromatic rings. The molecule has 0 aliphatic rings. The fraction of sp³-hybridized carbons (Fsp3) is 0.200. The molecule has 0 atom stereocenters. The maximum absolute atomic E-state index is 6.02. The van der Waals surface area contributed by atoms with Crippen LogP contribution < -0.4 is 10.6 Å². The zero-order valence-electron chi connectivity index (χ0n) is 11.5. The molecule has 0 saturated heterocycles. The van der Waals surface area contributed by atoms with Crippen LogP contribution >= 0.6 is 0 Å². The fourth-order valence-corrected chi connectivity index (χ4v) is 2.19. The summed E-state index contributed by atoms with van der Waals surface area (Å²) in [7, 11) is 1.95. The molecule has 1 aromatic carbocycles. The van der Waals surface area contributed by atoms with Gasteiger partial charge >= 0.3 is 0 Å². The van der Waals surface area contributed by atoms with E-state index in [1.807, 2.05) is 49.2 Å². The molecule has 0 saturated carbocycles. The summed E-state index contributed by atoms with van der Waals surface area (Å²) < 4.78 is 5.31. The second kappa shape index (κ2) is 4.85. The number of para-hydroxylation sites is 2. The van der Waals surface area contributed by atoms with Gasteiger partial charge in [0.25, 0.3) is 0 Å². The molecule has 0 aliphatic heterocycles. The van der Waals surface area contributed by atoms with E-state index in [2.05, 4.69) is 9.97 Å². The van der Waals surface area contributed by atoms with Crippen LogP contribution in [0.1, 0.15) is 11.3 Å². The van der Waals surface area contributed by atoms with Crippen molar-refractivity contribution < 1.29 is 4.42 Å². The number of aryl methyl sites for hydroxylation is 1. The second-order valence-electron chi connectivity index (χ2n) is 4.78. The molecular weight excluding hydrogens is 252 g/mol. The molecule has 5 nitrogen and oxygen atoms in total. The number of nitrogen functional groups attached to an aromatic ring is 1. The van der Waals surface area contributed by atoms with E-state index >= 15 is 0 Å². The molecule has 2 aromatic heterocycles. The van der Waals surface area contributed by atoms with Crippen molar-refractivity contribution in [1.29, 1.82) is 0 Å². The summed E-state index contributed by atoms with van der Waals surface area (Å²) >= 11 is 0. The Labute approximate surface area is 117 Å². The van der Waals surface area contributed by atoms with Crippen molar-refractivity contribution in [2.24, 2.45) is 0 Å². The van der Waals surface area contributed by atoms with Crippen molar-refractivity contribution >= 4 is 22.7 Å². The predicted octanol–water partition coefficient (Wildman–Crippen LogP) is 2.75. The van der Waals surface area contributed by atoms with Gasteiger partial charge in [-0.25, -0.2) is 9.97 Å². The van der Waals surface area contributed by atoms with Gasteiger partial charge in [0.15, 0.2) is 11.6 Å². The minimum atomic E-state index is 0.437. The average molecular weight is 268 g/mol. The highest BCUT2D eigenvalue weighted by Crippen LogP contribution is 2.23. The van der Waals surface area contributed by atoms with Crippen LogP contribution in [0.25, 0.3) is 11.0 Å². The van der Waals surface area contributed by atoms with Gasteiger partial charge in [-0.1, -0.05) is 12.1 Å². The summed E-state index contributed by atoms with van der Waals surface area (Å²) in [5.41, 5.74) is 8.78. The number of hydrogen-bond acceptors (Lipinski definition) is 5. The highest BCUT2D eigenvalue weighted by Gasteiger charge is 2.12. The van der Waals surface area contributed by atoms with Crippen LogP contribution in [0, 0.1) is 6.92 Å². The van der Waals surface area contributed by atoms with E-state index in [4.69, 9.17) is 10.2 Å². The Morgan fingerprint density at radius 2 is 1.85 bits per heavy atom. The van der Waals surface area contributed by atoms with Crippen LogP contribution in [0.2, 0.25) is 0 Å². The molecule has 0 aliphatic carbocycles. The van der Waals surface area contributed by atoms with Gasteiger partial charge in [0.2, 0.25) is 0 Å². The van der Waals surface area contributed by atoms with E-state index in [0.717, 1.165) is 22.4 Å². The van der Waals surface area contributed by atoms with E-state index in [1.165, 1.54) is 0 Å². The average Bonchev–Trinajstić information content (AvgIpc) is 2.83. The minimum absolute atomic E-state index is 0.437. The molecule has 20 heavy (non-hydrogen) atoms. The van der Waals surface area contributed by atoms with E-state index in [9.17, 15) is 0 Å². The first-order valence-electron chi connectivity index (χ1n) is 6.41. The number of anilines is 2. The largest absolute Gasteiger partial charge is 0.469 e. The fourth-order valence-electron chi connectivity index (χ4n) is 2.19. The molecule has 5 heteroatoms. The Morgan fingerprint density at radius 3 is 2.50 bits per heavy atom. The summed E-state index contributed by atoms with van der Waals surface area (Å²) in [5, 5.41) is 0. The number of fused-ring (bicyclic) bond motifs is 1. The van der Waals surface area contributed by atoms with Crippen molar-refractivity contribution in [1.82, 2.24) is 9.97 Å². The minimum Gasteiger partial charge on any atom is -0.469 e. The van der Waals surface area contributed by atoms with Crippen LogP contribution in [0.15, 0.2) is 41.0 Å². The van der Waals surface area contributed by atoms with Crippen molar-refractivity contribution in [2.75, 3.05) is 17.7 Å². The third-order valence-electron chi connectivity index (χ3n) is 3.31. The Kier molecular flexibility index (Phi) is 3.02. The lowest BCUT2D eigenvalue weighted by molar-refractivity contribution is 0.529. The van der Waals surface area contributed by atoms with E-state index in [1.54, 1.807) is 6.26 Å². The molecule has 2 heterocycles. The van der Waals surface area contributed by atoms with E-state index in [0.29, 0.717) is 18.2 Å². The summed E-state index contributed by atoms with van der Waals surface area (Å²) in [4.78, 5) is 11.0. The van der Waals surface area contributed by atoms with Gasteiger partial charge in [-0.05, 0) is 25.1 Å². The monoisotopic (exact) mass is 268 g/mol. The van der Waals surface area contributed by atoms with E-state index < -0.39 is 0 Å².